The van der Waals surface area contributed by atoms with Crippen LogP contribution in [0.2, 0.25) is 0 Å². The van der Waals surface area contributed by atoms with Crippen molar-refractivity contribution in [1.29, 1.82) is 0 Å². The van der Waals surface area contributed by atoms with Crippen LogP contribution in [-0.4, -0.2) is 39.5 Å². The van der Waals surface area contributed by atoms with Crippen LogP contribution in [0.15, 0.2) is 53.4 Å². The van der Waals surface area contributed by atoms with E-state index in [1.54, 1.807) is 6.07 Å². The zero-order valence-electron chi connectivity index (χ0n) is 13.6. The van der Waals surface area contributed by atoms with Gasteiger partial charge in [-0.1, -0.05) is 12.1 Å². The van der Waals surface area contributed by atoms with E-state index in [2.05, 4.69) is 5.32 Å². The Bertz CT molecular complexity index is 1050. The SMILES string of the molecule is O=C(Nc1ccccc1F)c1ccc(S(=O)(=O)[C@@H]2CCS(=O)(=O)C2)cc1. The average Bonchev–Trinajstić information content (AvgIpc) is 2.98. The Kier molecular flexibility index (Phi) is 4.85. The van der Waals surface area contributed by atoms with Crippen molar-refractivity contribution < 1.29 is 26.0 Å². The smallest absolute Gasteiger partial charge is 0.255 e. The second kappa shape index (κ2) is 6.81. The second-order valence-electron chi connectivity index (χ2n) is 6.03. The summed E-state index contributed by atoms with van der Waals surface area (Å²) in [5, 5.41) is 1.44. The van der Waals surface area contributed by atoms with Crippen molar-refractivity contribution in [2.75, 3.05) is 16.8 Å². The second-order valence-corrected chi connectivity index (χ2v) is 10.5. The lowest BCUT2D eigenvalue weighted by molar-refractivity contribution is 0.102. The van der Waals surface area contributed by atoms with E-state index in [0.29, 0.717) is 0 Å². The maximum Gasteiger partial charge on any atom is 0.255 e. The first-order valence-electron chi connectivity index (χ1n) is 7.79. The molecular weight excluding hydrogens is 381 g/mol. The van der Waals surface area contributed by atoms with Gasteiger partial charge in [-0.05, 0) is 42.8 Å². The van der Waals surface area contributed by atoms with Crippen LogP contribution in [0.4, 0.5) is 10.1 Å². The van der Waals surface area contributed by atoms with E-state index < -0.39 is 36.6 Å². The topological polar surface area (TPSA) is 97.4 Å². The lowest BCUT2D eigenvalue weighted by Crippen LogP contribution is -2.23. The van der Waals surface area contributed by atoms with Gasteiger partial charge in [-0.25, -0.2) is 21.2 Å². The van der Waals surface area contributed by atoms with Crippen molar-refractivity contribution in [2.24, 2.45) is 0 Å². The first-order valence-corrected chi connectivity index (χ1v) is 11.2. The van der Waals surface area contributed by atoms with Gasteiger partial charge in [0.15, 0.2) is 19.7 Å². The molecule has 138 valence electrons. The number of nitrogens with one attached hydrogen (secondary N) is 1. The molecular formula is C17H16FNO5S2. The maximum absolute atomic E-state index is 13.6. The highest BCUT2D eigenvalue weighted by molar-refractivity contribution is 7.96. The maximum atomic E-state index is 13.6. The quantitative estimate of drug-likeness (QED) is 0.851. The minimum Gasteiger partial charge on any atom is -0.319 e. The van der Waals surface area contributed by atoms with Gasteiger partial charge in [-0.15, -0.1) is 0 Å². The molecule has 1 N–H and O–H groups in total. The molecule has 1 aliphatic heterocycles. The molecule has 26 heavy (non-hydrogen) atoms. The van der Waals surface area contributed by atoms with Crippen LogP contribution in [0, 0.1) is 5.82 Å². The Morgan fingerprint density at radius 2 is 1.73 bits per heavy atom. The van der Waals surface area contributed by atoms with Crippen molar-refractivity contribution in [3.63, 3.8) is 0 Å². The van der Waals surface area contributed by atoms with Gasteiger partial charge in [0.05, 0.1) is 27.3 Å². The molecule has 2 aromatic carbocycles. The molecule has 9 heteroatoms. The third kappa shape index (κ3) is 3.78. The van der Waals surface area contributed by atoms with Crippen molar-refractivity contribution >= 4 is 31.3 Å². The number of halogens is 1. The van der Waals surface area contributed by atoms with E-state index in [9.17, 15) is 26.0 Å². The summed E-state index contributed by atoms with van der Waals surface area (Å²) in [7, 11) is -7.11. The van der Waals surface area contributed by atoms with Gasteiger partial charge in [0.1, 0.15) is 5.82 Å². The summed E-state index contributed by atoms with van der Waals surface area (Å²) in [5.74, 6) is -1.68. The fourth-order valence-corrected chi connectivity index (χ4v) is 7.11. The third-order valence-electron chi connectivity index (χ3n) is 4.20. The number of benzene rings is 2. The number of hydrogen-bond donors (Lipinski definition) is 1. The summed E-state index contributed by atoms with van der Waals surface area (Å²) in [6, 6.07) is 10.8. The van der Waals surface area contributed by atoms with Crippen LogP contribution >= 0.6 is 0 Å². The largest absolute Gasteiger partial charge is 0.319 e. The van der Waals surface area contributed by atoms with Gasteiger partial charge in [0.25, 0.3) is 5.91 Å². The molecule has 0 unspecified atom stereocenters. The highest BCUT2D eigenvalue weighted by Gasteiger charge is 2.37. The molecule has 1 heterocycles. The molecule has 6 nitrogen and oxygen atoms in total. The molecule has 0 radical (unpaired) electrons. The normalized spacial score (nSPS) is 19.2. The molecule has 1 fully saturated rings. The van der Waals surface area contributed by atoms with E-state index in [4.69, 9.17) is 0 Å². The van der Waals surface area contributed by atoms with Crippen molar-refractivity contribution in [3.8, 4) is 0 Å². The van der Waals surface area contributed by atoms with Gasteiger partial charge in [-0.2, -0.15) is 0 Å². The number of sulfone groups is 2. The number of rotatable bonds is 4. The summed E-state index contributed by atoms with van der Waals surface area (Å²) in [4.78, 5) is 12.1. The zero-order chi connectivity index (χ0) is 18.9. The fraction of sp³-hybridized carbons (Fsp3) is 0.235. The highest BCUT2D eigenvalue weighted by atomic mass is 32.2. The van der Waals surface area contributed by atoms with E-state index in [1.165, 1.54) is 42.5 Å². The minimum atomic E-state index is -3.79. The van der Waals surface area contributed by atoms with E-state index in [0.717, 1.165) is 0 Å². The number of amides is 1. The lowest BCUT2D eigenvalue weighted by Gasteiger charge is -2.11. The molecule has 0 bridgehead atoms. The highest BCUT2D eigenvalue weighted by Crippen LogP contribution is 2.25. The summed E-state index contributed by atoms with van der Waals surface area (Å²) < 4.78 is 61.7. The molecule has 3 rings (SSSR count). The predicted octanol–water partition coefficient (Wildman–Crippen LogP) is 2.04. The van der Waals surface area contributed by atoms with Crippen molar-refractivity contribution in [3.05, 3.63) is 59.9 Å². The van der Waals surface area contributed by atoms with Crippen LogP contribution in [-0.2, 0) is 19.7 Å². The molecule has 0 spiro atoms. The molecule has 1 saturated heterocycles. The Morgan fingerprint density at radius 1 is 1.08 bits per heavy atom. The monoisotopic (exact) mass is 397 g/mol. The van der Waals surface area contributed by atoms with Crippen LogP contribution in [0.25, 0.3) is 0 Å². The number of carbonyl (C=O) groups excluding carboxylic acids is 1. The lowest BCUT2D eigenvalue weighted by atomic mass is 10.2. The Hall–Kier alpha value is -2.26. The van der Waals surface area contributed by atoms with Crippen LogP contribution in [0.3, 0.4) is 0 Å². The minimum absolute atomic E-state index is 0.0189. The van der Waals surface area contributed by atoms with Crippen molar-refractivity contribution in [1.82, 2.24) is 0 Å². The number of para-hydroxylation sites is 1. The van der Waals surface area contributed by atoms with Gasteiger partial charge in [0, 0.05) is 5.56 Å². The molecule has 0 aromatic heterocycles. The number of anilines is 1. The van der Waals surface area contributed by atoms with Crippen LogP contribution < -0.4 is 5.32 Å². The average molecular weight is 397 g/mol. The summed E-state index contributed by atoms with van der Waals surface area (Å²) >= 11 is 0. The molecule has 2 aromatic rings. The van der Waals surface area contributed by atoms with Gasteiger partial charge in [0.2, 0.25) is 0 Å². The first kappa shape index (κ1) is 18.5. The standard InChI is InChI=1S/C17H16FNO5S2/c18-15-3-1-2-4-16(15)19-17(20)12-5-7-13(8-6-12)26(23,24)14-9-10-25(21,22)11-14/h1-8,14H,9-11H2,(H,19,20)/t14-/m1/s1. The number of hydrogen-bond acceptors (Lipinski definition) is 5. The molecule has 1 amide bonds. The Morgan fingerprint density at radius 3 is 2.31 bits per heavy atom. The summed E-state index contributed by atoms with van der Waals surface area (Å²) in [6.07, 6.45) is 0.0696. The predicted molar refractivity (Wildman–Crippen MR) is 95.0 cm³/mol. The van der Waals surface area contributed by atoms with Crippen molar-refractivity contribution in [2.45, 2.75) is 16.6 Å². The molecule has 1 atom stereocenters. The van der Waals surface area contributed by atoms with E-state index >= 15 is 0 Å². The van der Waals surface area contributed by atoms with E-state index in [1.807, 2.05) is 0 Å². The summed E-state index contributed by atoms with van der Waals surface area (Å²) in [5.41, 5.74) is 0.177. The first-order chi connectivity index (χ1) is 12.2. The van der Waals surface area contributed by atoms with Gasteiger partial charge >= 0.3 is 0 Å². The molecule has 1 aliphatic rings. The van der Waals surface area contributed by atoms with Gasteiger partial charge < -0.3 is 5.32 Å². The number of carbonyl (C=O) groups is 1. The molecule has 0 aliphatic carbocycles. The third-order valence-corrected chi connectivity index (χ3v) is 8.38. The molecule has 0 saturated carbocycles. The Balaban J connectivity index is 1.78. The zero-order valence-corrected chi connectivity index (χ0v) is 15.2. The van der Waals surface area contributed by atoms with Gasteiger partial charge in [-0.3, -0.25) is 4.79 Å². The summed E-state index contributed by atoms with van der Waals surface area (Å²) in [6.45, 7) is 0. The Labute approximate surface area is 150 Å². The fourth-order valence-electron chi connectivity index (χ4n) is 2.75. The van der Waals surface area contributed by atoms with Crippen LogP contribution in [0.1, 0.15) is 16.8 Å². The van der Waals surface area contributed by atoms with Crippen LogP contribution in [0.5, 0.6) is 0 Å². The van der Waals surface area contributed by atoms with E-state index in [-0.39, 0.29) is 34.1 Å².